The molecule has 0 aliphatic heterocycles. The first-order chi connectivity index (χ1) is 41.0. The van der Waals surface area contributed by atoms with Gasteiger partial charge in [0, 0.05) is 19.3 Å². The zero-order chi connectivity index (χ0) is 59.9. The van der Waals surface area contributed by atoms with E-state index < -0.39 is 6.10 Å². The van der Waals surface area contributed by atoms with Crippen LogP contribution in [0.25, 0.3) is 0 Å². The molecule has 83 heavy (non-hydrogen) atoms. The minimum atomic E-state index is -0.767. The monoisotopic (exact) mass is 1170 g/mol. The molecule has 0 aromatic carbocycles. The maximum Gasteiger partial charge on any atom is 0.306 e. The molecular weight excluding hydrogens is 1020 g/mol. The third kappa shape index (κ3) is 70.5. The van der Waals surface area contributed by atoms with Gasteiger partial charge in [0.1, 0.15) is 13.2 Å². The standard InChI is InChI=1S/C77H146O6/c1-4-7-10-13-16-19-22-25-28-31-33-34-35-36-37-38-39-40-41-42-44-46-49-52-55-58-61-64-67-70-76(79)82-73-74(72-81-75(78)69-66-63-60-57-54-51-48-45-30-27-24-21-18-15-12-9-6-3)83-77(80)71-68-65-62-59-56-53-50-47-43-32-29-26-23-20-17-14-11-8-5-2/h22,25,31,33,74H,4-21,23-24,26-30,32,34-73H2,1-3H3/b25-22-,33-31-. The molecule has 0 spiro atoms. The molecule has 6 heteroatoms. The first-order valence-electron chi connectivity index (χ1n) is 37.8. The fourth-order valence-electron chi connectivity index (χ4n) is 11.8. The molecule has 0 heterocycles. The molecule has 0 rings (SSSR count). The molecular formula is C77H146O6. The molecule has 0 bridgehead atoms. The largest absolute Gasteiger partial charge is 0.462 e. The van der Waals surface area contributed by atoms with Crippen LogP contribution in [0.5, 0.6) is 0 Å². The van der Waals surface area contributed by atoms with E-state index in [-0.39, 0.29) is 31.1 Å². The van der Waals surface area contributed by atoms with E-state index in [1.165, 1.54) is 327 Å². The van der Waals surface area contributed by atoms with Crippen molar-refractivity contribution in [2.75, 3.05) is 13.2 Å². The van der Waals surface area contributed by atoms with Crippen molar-refractivity contribution in [2.24, 2.45) is 0 Å². The fourth-order valence-corrected chi connectivity index (χ4v) is 11.8. The number of esters is 3. The number of unbranched alkanes of at least 4 members (excludes halogenated alkanes) is 56. The molecule has 0 saturated carbocycles. The van der Waals surface area contributed by atoms with Crippen LogP contribution < -0.4 is 0 Å². The lowest BCUT2D eigenvalue weighted by atomic mass is 10.0. The van der Waals surface area contributed by atoms with E-state index in [0.29, 0.717) is 19.3 Å². The Labute approximate surface area is 519 Å². The summed E-state index contributed by atoms with van der Waals surface area (Å²) in [5, 5.41) is 0. The molecule has 490 valence electrons. The van der Waals surface area contributed by atoms with Gasteiger partial charge in [0.2, 0.25) is 0 Å². The van der Waals surface area contributed by atoms with Crippen LogP contribution in [0.1, 0.15) is 432 Å². The van der Waals surface area contributed by atoms with Crippen molar-refractivity contribution in [2.45, 2.75) is 438 Å². The highest BCUT2D eigenvalue weighted by molar-refractivity contribution is 5.71. The van der Waals surface area contributed by atoms with E-state index in [2.05, 4.69) is 45.1 Å². The summed E-state index contributed by atoms with van der Waals surface area (Å²) in [4.78, 5) is 38.5. The van der Waals surface area contributed by atoms with Crippen LogP contribution in [0.4, 0.5) is 0 Å². The first-order valence-corrected chi connectivity index (χ1v) is 37.8. The Hall–Kier alpha value is -2.11. The van der Waals surface area contributed by atoms with Gasteiger partial charge >= 0.3 is 17.9 Å². The number of rotatable bonds is 71. The van der Waals surface area contributed by atoms with Gasteiger partial charge in [0.25, 0.3) is 0 Å². The smallest absolute Gasteiger partial charge is 0.306 e. The van der Waals surface area contributed by atoms with Gasteiger partial charge in [-0.1, -0.05) is 385 Å². The lowest BCUT2D eigenvalue weighted by molar-refractivity contribution is -0.167. The summed E-state index contributed by atoms with van der Waals surface area (Å²) in [6.07, 6.45) is 89.3. The number of carbonyl (C=O) groups excluding carboxylic acids is 3. The molecule has 0 radical (unpaired) electrons. The highest BCUT2D eigenvalue weighted by Gasteiger charge is 2.20. The van der Waals surface area contributed by atoms with Crippen LogP contribution in [0, 0.1) is 0 Å². The predicted octanol–water partition coefficient (Wildman–Crippen LogP) is 26.1. The molecule has 0 amide bonds. The van der Waals surface area contributed by atoms with E-state index in [0.717, 1.165) is 64.2 Å². The third-order valence-corrected chi connectivity index (χ3v) is 17.5. The van der Waals surface area contributed by atoms with Crippen LogP contribution in [0.15, 0.2) is 24.3 Å². The Kier molecular flexibility index (Phi) is 70.5. The Morgan fingerprint density at radius 1 is 0.241 bits per heavy atom. The van der Waals surface area contributed by atoms with Gasteiger partial charge in [-0.25, -0.2) is 0 Å². The van der Waals surface area contributed by atoms with Gasteiger partial charge in [-0.05, 0) is 51.4 Å². The van der Waals surface area contributed by atoms with Crippen molar-refractivity contribution in [1.29, 1.82) is 0 Å². The van der Waals surface area contributed by atoms with Crippen molar-refractivity contribution in [3.05, 3.63) is 24.3 Å². The maximum atomic E-state index is 13.0. The number of hydrogen-bond acceptors (Lipinski definition) is 6. The van der Waals surface area contributed by atoms with Crippen LogP contribution in [-0.4, -0.2) is 37.2 Å². The quantitative estimate of drug-likeness (QED) is 0.0261. The predicted molar refractivity (Wildman–Crippen MR) is 363 cm³/mol. The summed E-state index contributed by atoms with van der Waals surface area (Å²) in [7, 11) is 0. The molecule has 6 nitrogen and oxygen atoms in total. The zero-order valence-corrected chi connectivity index (χ0v) is 56.5. The van der Waals surface area contributed by atoms with E-state index in [9.17, 15) is 14.4 Å². The molecule has 0 aromatic heterocycles. The Bertz CT molecular complexity index is 1340. The van der Waals surface area contributed by atoms with Gasteiger partial charge < -0.3 is 14.2 Å². The van der Waals surface area contributed by atoms with Gasteiger partial charge in [-0.2, -0.15) is 0 Å². The zero-order valence-electron chi connectivity index (χ0n) is 56.5. The maximum absolute atomic E-state index is 13.0. The summed E-state index contributed by atoms with van der Waals surface area (Å²) < 4.78 is 17.1. The van der Waals surface area contributed by atoms with E-state index >= 15 is 0 Å². The van der Waals surface area contributed by atoms with Crippen molar-refractivity contribution < 1.29 is 28.6 Å². The van der Waals surface area contributed by atoms with Crippen LogP contribution >= 0.6 is 0 Å². The number of ether oxygens (including phenoxy) is 3. The first kappa shape index (κ1) is 80.9. The highest BCUT2D eigenvalue weighted by atomic mass is 16.6. The van der Waals surface area contributed by atoms with Crippen LogP contribution in [0.2, 0.25) is 0 Å². The summed E-state index contributed by atoms with van der Waals surface area (Å²) in [5.41, 5.74) is 0. The number of allylic oxidation sites excluding steroid dienone is 4. The molecule has 0 saturated heterocycles. The summed E-state index contributed by atoms with van der Waals surface area (Å²) in [6, 6.07) is 0. The Balaban J connectivity index is 4.21. The summed E-state index contributed by atoms with van der Waals surface area (Å²) in [5.74, 6) is -0.823. The van der Waals surface area contributed by atoms with Gasteiger partial charge in [0.05, 0.1) is 0 Å². The Morgan fingerprint density at radius 2 is 0.434 bits per heavy atom. The molecule has 0 fully saturated rings. The lowest BCUT2D eigenvalue weighted by Gasteiger charge is -2.18. The molecule has 0 aliphatic carbocycles. The van der Waals surface area contributed by atoms with Crippen LogP contribution in [0.3, 0.4) is 0 Å². The molecule has 1 atom stereocenters. The number of hydrogen-bond donors (Lipinski definition) is 0. The normalized spacial score (nSPS) is 12.1. The van der Waals surface area contributed by atoms with E-state index in [4.69, 9.17) is 14.2 Å². The van der Waals surface area contributed by atoms with Crippen molar-refractivity contribution >= 4 is 17.9 Å². The van der Waals surface area contributed by atoms with Crippen molar-refractivity contribution in [3.63, 3.8) is 0 Å². The van der Waals surface area contributed by atoms with Gasteiger partial charge in [0.15, 0.2) is 6.10 Å². The minimum Gasteiger partial charge on any atom is -0.462 e. The van der Waals surface area contributed by atoms with Crippen molar-refractivity contribution in [1.82, 2.24) is 0 Å². The number of carbonyl (C=O) groups is 3. The second kappa shape index (κ2) is 72.4. The van der Waals surface area contributed by atoms with Gasteiger partial charge in [-0.3, -0.25) is 14.4 Å². The van der Waals surface area contributed by atoms with Crippen molar-refractivity contribution in [3.8, 4) is 0 Å². The molecule has 1 unspecified atom stereocenters. The van der Waals surface area contributed by atoms with E-state index in [1.807, 2.05) is 0 Å². The summed E-state index contributed by atoms with van der Waals surface area (Å²) in [6.45, 7) is 6.73. The van der Waals surface area contributed by atoms with Gasteiger partial charge in [-0.15, -0.1) is 0 Å². The van der Waals surface area contributed by atoms with E-state index in [1.54, 1.807) is 0 Å². The second-order valence-electron chi connectivity index (χ2n) is 25.9. The summed E-state index contributed by atoms with van der Waals surface area (Å²) >= 11 is 0. The molecule has 0 aliphatic rings. The SMILES string of the molecule is CCCCCCC/C=C\C/C=C\CCCCCCCCCCCCCCCCCCCC(=O)OCC(COC(=O)CCCCCCCCCCCCCCCCCCC)OC(=O)CCCCCCCCCCCCCCCCCCCCC. The minimum absolute atomic E-state index is 0.0627. The average molecular weight is 1170 g/mol. The third-order valence-electron chi connectivity index (χ3n) is 17.5. The topological polar surface area (TPSA) is 78.9 Å². The highest BCUT2D eigenvalue weighted by Crippen LogP contribution is 2.19. The second-order valence-corrected chi connectivity index (χ2v) is 25.9. The van der Waals surface area contributed by atoms with Crippen LogP contribution in [-0.2, 0) is 28.6 Å². The fraction of sp³-hybridized carbons (Fsp3) is 0.909. The average Bonchev–Trinajstić information content (AvgIpc) is 3.49. The molecule has 0 N–H and O–H groups in total. The lowest BCUT2D eigenvalue weighted by Crippen LogP contribution is -2.30. The Morgan fingerprint density at radius 3 is 0.663 bits per heavy atom. The molecule has 0 aromatic rings.